The summed E-state index contributed by atoms with van der Waals surface area (Å²) in [5, 5.41) is 7.95. The minimum Gasteiger partial charge on any atom is -0.379 e. The number of rotatable bonds is 7. The fraction of sp³-hybridized carbons (Fsp3) is 0.360. The van der Waals surface area contributed by atoms with Gasteiger partial charge in [0.1, 0.15) is 5.69 Å². The molecule has 1 atom stereocenters. The van der Waals surface area contributed by atoms with Crippen molar-refractivity contribution in [1.29, 1.82) is 0 Å². The summed E-state index contributed by atoms with van der Waals surface area (Å²) in [6.07, 6.45) is 2.81. The number of nitrogens with zero attached hydrogens (tertiary/aromatic N) is 3. The molecule has 6 nitrogen and oxygen atoms in total. The highest BCUT2D eigenvalue weighted by molar-refractivity contribution is 6.00. The van der Waals surface area contributed by atoms with Crippen LogP contribution in [0, 0.1) is 0 Å². The van der Waals surface area contributed by atoms with E-state index in [2.05, 4.69) is 29.3 Å². The van der Waals surface area contributed by atoms with Crippen LogP contribution in [0.1, 0.15) is 29.8 Å². The number of ether oxygens (including phenoxy) is 1. The molecule has 0 radical (unpaired) electrons. The van der Waals surface area contributed by atoms with Crippen LogP contribution in [-0.4, -0.2) is 59.5 Å². The Labute approximate surface area is 183 Å². The molecule has 1 unspecified atom stereocenters. The SMILES string of the molecule is CCc1ccc(-c2nn(-c3ccccc3)cc2C(=O)NC(C)CN2CCOCC2)cc1. The van der Waals surface area contributed by atoms with Crippen LogP contribution in [0.25, 0.3) is 16.9 Å². The first-order valence-electron chi connectivity index (χ1n) is 11.0. The first-order chi connectivity index (χ1) is 15.1. The average molecular weight is 419 g/mol. The van der Waals surface area contributed by atoms with Crippen LogP contribution in [-0.2, 0) is 11.2 Å². The lowest BCUT2D eigenvalue weighted by atomic mass is 10.0. The molecule has 0 aliphatic carbocycles. The number of hydrogen-bond donors (Lipinski definition) is 1. The number of aromatic nitrogens is 2. The number of carbonyl (C=O) groups is 1. The summed E-state index contributed by atoms with van der Waals surface area (Å²) >= 11 is 0. The lowest BCUT2D eigenvalue weighted by Gasteiger charge is -2.29. The molecule has 2 aromatic carbocycles. The van der Waals surface area contributed by atoms with Crippen LogP contribution in [0.3, 0.4) is 0 Å². The van der Waals surface area contributed by atoms with Crippen LogP contribution in [0.2, 0.25) is 0 Å². The van der Waals surface area contributed by atoms with E-state index in [0.29, 0.717) is 11.3 Å². The van der Waals surface area contributed by atoms with Crippen molar-refractivity contribution in [3.8, 4) is 16.9 Å². The van der Waals surface area contributed by atoms with Gasteiger partial charge in [0.15, 0.2) is 0 Å². The van der Waals surface area contributed by atoms with Crippen molar-refractivity contribution in [2.75, 3.05) is 32.8 Å². The van der Waals surface area contributed by atoms with E-state index < -0.39 is 0 Å². The van der Waals surface area contributed by atoms with Crippen LogP contribution in [0.4, 0.5) is 0 Å². The third kappa shape index (κ3) is 5.21. The van der Waals surface area contributed by atoms with E-state index in [4.69, 9.17) is 9.84 Å². The van der Waals surface area contributed by atoms with Crippen molar-refractivity contribution in [2.45, 2.75) is 26.3 Å². The van der Waals surface area contributed by atoms with Crippen molar-refractivity contribution in [1.82, 2.24) is 20.0 Å². The van der Waals surface area contributed by atoms with E-state index in [1.165, 1.54) is 5.56 Å². The van der Waals surface area contributed by atoms with Gasteiger partial charge in [0.05, 0.1) is 24.5 Å². The van der Waals surface area contributed by atoms with Gasteiger partial charge in [0.2, 0.25) is 0 Å². The van der Waals surface area contributed by atoms with Crippen molar-refractivity contribution >= 4 is 5.91 Å². The van der Waals surface area contributed by atoms with E-state index in [-0.39, 0.29) is 11.9 Å². The van der Waals surface area contributed by atoms with E-state index in [9.17, 15) is 4.79 Å². The van der Waals surface area contributed by atoms with E-state index in [1.54, 1.807) is 4.68 Å². The number of aryl methyl sites for hydroxylation is 1. The van der Waals surface area contributed by atoms with Crippen LogP contribution < -0.4 is 5.32 Å². The molecular formula is C25H30N4O2. The topological polar surface area (TPSA) is 59.4 Å². The third-order valence-corrected chi connectivity index (χ3v) is 5.63. The molecule has 1 N–H and O–H groups in total. The highest BCUT2D eigenvalue weighted by Gasteiger charge is 2.21. The van der Waals surface area contributed by atoms with Gasteiger partial charge in [-0.1, -0.05) is 49.4 Å². The van der Waals surface area contributed by atoms with Crippen LogP contribution in [0.5, 0.6) is 0 Å². The predicted molar refractivity (Wildman–Crippen MR) is 123 cm³/mol. The standard InChI is InChI=1S/C25H30N4O2/c1-3-20-9-11-21(12-10-20)24-23(18-29(27-24)22-7-5-4-6-8-22)25(30)26-19(2)17-28-13-15-31-16-14-28/h4-12,18-19H,3,13-17H2,1-2H3,(H,26,30). The summed E-state index contributed by atoms with van der Waals surface area (Å²) in [5.74, 6) is -0.0995. The summed E-state index contributed by atoms with van der Waals surface area (Å²) in [6, 6.07) is 18.2. The first kappa shape index (κ1) is 21.3. The zero-order valence-electron chi connectivity index (χ0n) is 18.3. The average Bonchev–Trinajstić information content (AvgIpc) is 3.26. The molecule has 0 bridgehead atoms. The minimum absolute atomic E-state index is 0.0287. The Hall–Kier alpha value is -2.96. The fourth-order valence-corrected chi connectivity index (χ4v) is 3.88. The molecule has 1 aromatic heterocycles. The molecule has 1 aliphatic heterocycles. The molecule has 0 saturated carbocycles. The number of morpholine rings is 1. The number of amides is 1. The number of nitrogens with one attached hydrogen (secondary N) is 1. The second kappa shape index (κ2) is 9.90. The van der Waals surface area contributed by atoms with Crippen molar-refractivity contribution in [3.05, 3.63) is 71.9 Å². The zero-order valence-corrected chi connectivity index (χ0v) is 18.3. The normalized spacial score (nSPS) is 15.5. The molecule has 31 heavy (non-hydrogen) atoms. The molecule has 1 amide bonds. The molecule has 162 valence electrons. The summed E-state index contributed by atoms with van der Waals surface area (Å²) < 4.78 is 7.20. The lowest BCUT2D eigenvalue weighted by molar-refractivity contribution is 0.0342. The molecule has 2 heterocycles. The van der Waals surface area contributed by atoms with Gasteiger partial charge in [-0.15, -0.1) is 0 Å². The molecule has 6 heteroatoms. The van der Waals surface area contributed by atoms with E-state index in [1.807, 2.05) is 55.6 Å². The Morgan fingerprint density at radius 2 is 1.81 bits per heavy atom. The Morgan fingerprint density at radius 1 is 1.10 bits per heavy atom. The van der Waals surface area contributed by atoms with Crippen LogP contribution >= 0.6 is 0 Å². The summed E-state index contributed by atoms with van der Waals surface area (Å²) in [5.41, 5.74) is 4.41. The van der Waals surface area contributed by atoms with Gasteiger partial charge in [-0.05, 0) is 31.0 Å². The van der Waals surface area contributed by atoms with Gasteiger partial charge in [-0.25, -0.2) is 4.68 Å². The molecule has 1 aliphatic rings. The van der Waals surface area contributed by atoms with Gasteiger partial charge >= 0.3 is 0 Å². The number of carbonyl (C=O) groups excluding carboxylic acids is 1. The Bertz CT molecular complexity index is 992. The number of para-hydroxylation sites is 1. The molecule has 0 spiro atoms. The highest BCUT2D eigenvalue weighted by atomic mass is 16.5. The number of hydrogen-bond acceptors (Lipinski definition) is 4. The van der Waals surface area contributed by atoms with E-state index in [0.717, 1.165) is 50.5 Å². The maximum absolute atomic E-state index is 13.3. The summed E-state index contributed by atoms with van der Waals surface area (Å²) in [4.78, 5) is 15.6. The van der Waals surface area contributed by atoms with Crippen molar-refractivity contribution in [2.24, 2.45) is 0 Å². The molecule has 1 fully saturated rings. The molecule has 4 rings (SSSR count). The summed E-state index contributed by atoms with van der Waals surface area (Å²) in [6.45, 7) is 8.30. The van der Waals surface area contributed by atoms with Crippen LogP contribution in [0.15, 0.2) is 60.8 Å². The maximum atomic E-state index is 13.3. The van der Waals surface area contributed by atoms with Gasteiger partial charge in [0, 0.05) is 37.4 Å². The minimum atomic E-state index is -0.0995. The van der Waals surface area contributed by atoms with Crippen molar-refractivity contribution in [3.63, 3.8) is 0 Å². The summed E-state index contributed by atoms with van der Waals surface area (Å²) in [7, 11) is 0. The highest BCUT2D eigenvalue weighted by Crippen LogP contribution is 2.24. The largest absolute Gasteiger partial charge is 0.379 e. The van der Waals surface area contributed by atoms with Gasteiger partial charge < -0.3 is 10.1 Å². The van der Waals surface area contributed by atoms with Gasteiger partial charge in [-0.3, -0.25) is 9.69 Å². The monoisotopic (exact) mass is 418 g/mol. The Balaban J connectivity index is 1.59. The number of benzene rings is 2. The van der Waals surface area contributed by atoms with Crippen molar-refractivity contribution < 1.29 is 9.53 Å². The molecule has 1 saturated heterocycles. The quantitative estimate of drug-likeness (QED) is 0.638. The predicted octanol–water partition coefficient (Wildman–Crippen LogP) is 3.55. The maximum Gasteiger partial charge on any atom is 0.255 e. The Morgan fingerprint density at radius 3 is 2.48 bits per heavy atom. The molecule has 3 aromatic rings. The lowest BCUT2D eigenvalue weighted by Crippen LogP contribution is -2.46. The zero-order chi connectivity index (χ0) is 21.6. The first-order valence-corrected chi connectivity index (χ1v) is 11.0. The second-order valence-corrected chi connectivity index (χ2v) is 8.01. The second-order valence-electron chi connectivity index (χ2n) is 8.01. The van der Waals surface area contributed by atoms with Gasteiger partial charge in [-0.2, -0.15) is 5.10 Å². The van der Waals surface area contributed by atoms with E-state index >= 15 is 0 Å². The Kier molecular flexibility index (Phi) is 6.79. The third-order valence-electron chi connectivity index (χ3n) is 5.63. The molecular weight excluding hydrogens is 388 g/mol. The van der Waals surface area contributed by atoms with Gasteiger partial charge in [0.25, 0.3) is 5.91 Å². The smallest absolute Gasteiger partial charge is 0.255 e. The fourth-order valence-electron chi connectivity index (χ4n) is 3.88.